The molecule has 0 heteroatoms. The van der Waals surface area contributed by atoms with Crippen molar-refractivity contribution >= 4 is 0 Å². The van der Waals surface area contributed by atoms with Gasteiger partial charge in [0.05, 0.1) is 0 Å². The Morgan fingerprint density at radius 1 is 0.710 bits per heavy atom. The molecule has 1 saturated carbocycles. The molecule has 164 valence electrons. The Hall–Kier alpha value is -2.08. The zero-order valence-corrected chi connectivity index (χ0v) is 19.4. The molecule has 0 saturated heterocycles. The van der Waals surface area contributed by atoms with Crippen LogP contribution in [-0.2, 0) is 6.42 Å². The van der Waals surface area contributed by atoms with Gasteiger partial charge in [0.25, 0.3) is 0 Å². The maximum absolute atomic E-state index is 3.98. The smallest absolute Gasteiger partial charge is 0.00185 e. The zero-order valence-electron chi connectivity index (χ0n) is 19.4. The molecule has 0 N–H and O–H groups in total. The van der Waals surface area contributed by atoms with Crippen molar-refractivity contribution in [3.8, 4) is 0 Å². The minimum Gasteiger partial charge on any atom is -0.103 e. The van der Waals surface area contributed by atoms with E-state index in [9.17, 15) is 0 Å². The molecule has 0 bridgehead atoms. The van der Waals surface area contributed by atoms with E-state index in [1.165, 1.54) is 80.9 Å². The number of hydrogen-bond acceptors (Lipinski definition) is 0. The molecule has 2 aromatic carbocycles. The molecule has 2 unspecified atom stereocenters. The normalized spacial score (nSPS) is 26.0. The Morgan fingerprint density at radius 3 is 1.77 bits per heavy atom. The van der Waals surface area contributed by atoms with Crippen LogP contribution < -0.4 is 0 Å². The van der Waals surface area contributed by atoms with Crippen LogP contribution in [0.1, 0.15) is 105 Å². The highest BCUT2D eigenvalue weighted by Crippen LogP contribution is 2.38. The molecular weight excluding hydrogens is 372 g/mol. The summed E-state index contributed by atoms with van der Waals surface area (Å²) in [5, 5.41) is 0. The van der Waals surface area contributed by atoms with Crippen LogP contribution in [0.4, 0.5) is 0 Å². The van der Waals surface area contributed by atoms with Gasteiger partial charge in [0.15, 0.2) is 0 Å². The standard InChI is InChI=1S/C31H40/c1-3-5-6-7-25-10-14-27(15-11-25)29-18-22-31(23-19-29)30-20-16-28(17-21-30)26-12-8-24(4-2)9-13-26/h4,10-11,14-18,20-22,24,26,29,31H,2-3,5-9,12-13,19,23H2,1H3. The molecule has 0 aromatic heterocycles. The van der Waals surface area contributed by atoms with Crippen LogP contribution in [0.25, 0.3) is 0 Å². The lowest BCUT2D eigenvalue weighted by molar-refractivity contribution is 0.376. The third kappa shape index (κ3) is 5.79. The molecule has 0 nitrogen and oxygen atoms in total. The van der Waals surface area contributed by atoms with Crippen molar-refractivity contribution in [2.75, 3.05) is 0 Å². The van der Waals surface area contributed by atoms with Gasteiger partial charge < -0.3 is 0 Å². The highest BCUT2D eigenvalue weighted by atomic mass is 14.3. The molecule has 0 aliphatic heterocycles. The van der Waals surface area contributed by atoms with Crippen molar-refractivity contribution in [3.05, 3.63) is 95.6 Å². The van der Waals surface area contributed by atoms with Crippen LogP contribution in [0.2, 0.25) is 0 Å². The lowest BCUT2D eigenvalue weighted by Crippen LogP contribution is -2.11. The third-order valence-electron chi connectivity index (χ3n) is 7.78. The summed E-state index contributed by atoms with van der Waals surface area (Å²) < 4.78 is 0. The molecule has 0 heterocycles. The Morgan fingerprint density at radius 2 is 1.26 bits per heavy atom. The van der Waals surface area contributed by atoms with Gasteiger partial charge in [-0.05, 0) is 85.5 Å². The van der Waals surface area contributed by atoms with Crippen LogP contribution in [0.3, 0.4) is 0 Å². The predicted octanol–water partition coefficient (Wildman–Crippen LogP) is 9.10. The number of aryl methyl sites for hydroxylation is 1. The zero-order chi connectivity index (χ0) is 21.5. The minimum atomic E-state index is 0.579. The van der Waals surface area contributed by atoms with E-state index >= 15 is 0 Å². The monoisotopic (exact) mass is 412 g/mol. The summed E-state index contributed by atoms with van der Waals surface area (Å²) in [7, 11) is 0. The van der Waals surface area contributed by atoms with Crippen LogP contribution in [0, 0.1) is 5.92 Å². The van der Waals surface area contributed by atoms with Gasteiger partial charge >= 0.3 is 0 Å². The third-order valence-corrected chi connectivity index (χ3v) is 7.78. The van der Waals surface area contributed by atoms with E-state index in [0.717, 1.165) is 11.8 Å². The van der Waals surface area contributed by atoms with Gasteiger partial charge in [-0.3, -0.25) is 0 Å². The molecule has 0 amide bonds. The maximum Gasteiger partial charge on any atom is 0.00185 e. The summed E-state index contributed by atoms with van der Waals surface area (Å²) in [5.41, 5.74) is 6.01. The lowest BCUT2D eigenvalue weighted by Gasteiger charge is -2.27. The second-order valence-corrected chi connectivity index (χ2v) is 9.89. The van der Waals surface area contributed by atoms with Gasteiger partial charge in [0.2, 0.25) is 0 Å². The number of unbranched alkanes of at least 4 members (excludes halogenated alkanes) is 2. The first kappa shape index (κ1) is 22.1. The van der Waals surface area contributed by atoms with Gasteiger partial charge in [0, 0.05) is 11.8 Å². The summed E-state index contributed by atoms with van der Waals surface area (Å²) in [6.45, 7) is 6.25. The van der Waals surface area contributed by atoms with Gasteiger partial charge in [-0.2, -0.15) is 0 Å². The van der Waals surface area contributed by atoms with Crippen LogP contribution in [-0.4, -0.2) is 0 Å². The Bertz CT molecular complexity index is 831. The number of benzene rings is 2. The highest BCUT2D eigenvalue weighted by molar-refractivity contribution is 5.34. The Balaban J connectivity index is 1.32. The first-order valence-electron chi connectivity index (χ1n) is 12.8. The Labute approximate surface area is 190 Å². The summed E-state index contributed by atoms with van der Waals surface area (Å²) >= 11 is 0. The summed E-state index contributed by atoms with van der Waals surface area (Å²) in [6, 6.07) is 19.1. The lowest BCUT2D eigenvalue weighted by atomic mass is 9.77. The quantitative estimate of drug-likeness (QED) is 0.299. The molecule has 0 spiro atoms. The molecule has 1 fully saturated rings. The van der Waals surface area contributed by atoms with Crippen molar-refractivity contribution in [2.24, 2.45) is 5.92 Å². The fourth-order valence-electron chi connectivity index (χ4n) is 5.59. The van der Waals surface area contributed by atoms with Gasteiger partial charge in [-0.15, -0.1) is 6.58 Å². The first-order chi connectivity index (χ1) is 15.3. The van der Waals surface area contributed by atoms with Gasteiger partial charge in [-0.25, -0.2) is 0 Å². The maximum atomic E-state index is 3.98. The van der Waals surface area contributed by atoms with E-state index in [2.05, 4.69) is 80.3 Å². The molecule has 2 aliphatic carbocycles. The molecule has 0 radical (unpaired) electrons. The predicted molar refractivity (Wildman–Crippen MR) is 135 cm³/mol. The average molecular weight is 413 g/mol. The second-order valence-electron chi connectivity index (χ2n) is 9.89. The molecule has 31 heavy (non-hydrogen) atoms. The number of allylic oxidation sites excluding steroid dienone is 3. The summed E-state index contributed by atoms with van der Waals surface area (Å²) in [5.74, 6) is 2.66. The molecule has 2 atom stereocenters. The van der Waals surface area contributed by atoms with Crippen LogP contribution in [0.5, 0.6) is 0 Å². The number of hydrogen-bond donors (Lipinski definition) is 0. The van der Waals surface area contributed by atoms with Crippen molar-refractivity contribution in [3.63, 3.8) is 0 Å². The van der Waals surface area contributed by atoms with Crippen LogP contribution in [0.15, 0.2) is 73.3 Å². The minimum absolute atomic E-state index is 0.579. The van der Waals surface area contributed by atoms with E-state index in [4.69, 9.17) is 0 Å². The van der Waals surface area contributed by atoms with Crippen molar-refractivity contribution < 1.29 is 0 Å². The van der Waals surface area contributed by atoms with E-state index < -0.39 is 0 Å². The average Bonchev–Trinajstić information content (AvgIpc) is 2.85. The molecule has 2 aliphatic rings. The van der Waals surface area contributed by atoms with E-state index in [1.807, 2.05) is 0 Å². The van der Waals surface area contributed by atoms with Gasteiger partial charge in [-0.1, -0.05) is 86.5 Å². The van der Waals surface area contributed by atoms with E-state index in [-0.39, 0.29) is 0 Å². The van der Waals surface area contributed by atoms with Crippen LogP contribution >= 0.6 is 0 Å². The largest absolute Gasteiger partial charge is 0.103 e. The van der Waals surface area contributed by atoms with Crippen molar-refractivity contribution in [1.82, 2.24) is 0 Å². The first-order valence-corrected chi connectivity index (χ1v) is 12.8. The van der Waals surface area contributed by atoms with Crippen molar-refractivity contribution in [2.45, 2.75) is 88.9 Å². The molecule has 2 aromatic rings. The van der Waals surface area contributed by atoms with Gasteiger partial charge in [0.1, 0.15) is 0 Å². The fraction of sp³-hybridized carbons (Fsp3) is 0.484. The summed E-state index contributed by atoms with van der Waals surface area (Å²) in [4.78, 5) is 0. The summed E-state index contributed by atoms with van der Waals surface area (Å²) in [6.07, 6.45) is 20.0. The Kier molecular flexibility index (Phi) is 7.84. The second kappa shape index (κ2) is 11.0. The number of rotatable bonds is 8. The van der Waals surface area contributed by atoms with E-state index in [1.54, 1.807) is 5.56 Å². The fourth-order valence-corrected chi connectivity index (χ4v) is 5.59. The topological polar surface area (TPSA) is 0 Å². The highest BCUT2D eigenvalue weighted by Gasteiger charge is 2.22. The van der Waals surface area contributed by atoms with E-state index in [0.29, 0.717) is 11.8 Å². The molecular formula is C31H40. The molecule has 4 rings (SSSR count). The van der Waals surface area contributed by atoms with Crippen molar-refractivity contribution in [1.29, 1.82) is 0 Å². The SMILES string of the molecule is C=CC1CCC(c2ccc(C3C=CC(c4ccc(CCCCC)cc4)CC3)cc2)CC1.